The number of amides is 3. The van der Waals surface area contributed by atoms with Crippen molar-refractivity contribution < 1.29 is 23.9 Å². The van der Waals surface area contributed by atoms with Crippen LogP contribution in [-0.2, 0) is 14.3 Å². The lowest BCUT2D eigenvalue weighted by atomic mass is 10.0. The van der Waals surface area contributed by atoms with Crippen molar-refractivity contribution in [3.63, 3.8) is 0 Å². The predicted octanol–water partition coefficient (Wildman–Crippen LogP) is 1.36. The summed E-state index contributed by atoms with van der Waals surface area (Å²) < 4.78 is 4.98. The van der Waals surface area contributed by atoms with Crippen LogP contribution in [0.5, 0.6) is 0 Å². The zero-order chi connectivity index (χ0) is 17.7. The first-order valence-electron chi connectivity index (χ1n) is 7.72. The highest BCUT2D eigenvalue weighted by Gasteiger charge is 2.27. The molecular weight excluding hydrogens is 312 g/mol. The molecule has 7 nitrogen and oxygen atoms in total. The molecule has 1 heterocycles. The van der Waals surface area contributed by atoms with Crippen molar-refractivity contribution in [2.24, 2.45) is 0 Å². The number of esters is 1. The van der Waals surface area contributed by atoms with Gasteiger partial charge in [0.05, 0.1) is 6.54 Å². The van der Waals surface area contributed by atoms with Crippen molar-refractivity contribution in [2.45, 2.75) is 26.7 Å². The highest BCUT2D eigenvalue weighted by molar-refractivity contribution is 6.02. The van der Waals surface area contributed by atoms with Gasteiger partial charge in [-0.2, -0.15) is 0 Å². The van der Waals surface area contributed by atoms with E-state index in [1.165, 1.54) is 0 Å². The van der Waals surface area contributed by atoms with Crippen molar-refractivity contribution in [1.82, 2.24) is 10.2 Å². The second kappa shape index (κ2) is 7.72. The Hall–Kier alpha value is -2.70. The number of hydrogen-bond donors (Lipinski definition) is 1. The quantitative estimate of drug-likeness (QED) is 0.462. The SMILES string of the molecule is Cc1ccc(C)c(C(=O)COC(=O)CCCN2C(=O)CNC2=O)c1. The molecule has 1 aliphatic heterocycles. The summed E-state index contributed by atoms with van der Waals surface area (Å²) in [6.07, 6.45) is 0.340. The Labute approximate surface area is 140 Å². The molecule has 1 fully saturated rings. The minimum Gasteiger partial charge on any atom is -0.457 e. The number of urea groups is 1. The van der Waals surface area contributed by atoms with Gasteiger partial charge in [-0.05, 0) is 31.9 Å². The van der Waals surface area contributed by atoms with Gasteiger partial charge in [-0.15, -0.1) is 0 Å². The number of nitrogens with zero attached hydrogens (tertiary/aromatic N) is 1. The summed E-state index contributed by atoms with van der Waals surface area (Å²) in [6.45, 7) is 3.55. The van der Waals surface area contributed by atoms with Crippen LogP contribution < -0.4 is 5.32 Å². The molecule has 1 saturated heterocycles. The number of carbonyl (C=O) groups is 4. The fraction of sp³-hybridized carbons (Fsp3) is 0.412. The van der Waals surface area contributed by atoms with Gasteiger partial charge >= 0.3 is 12.0 Å². The summed E-state index contributed by atoms with van der Waals surface area (Å²) in [5.41, 5.74) is 2.34. The number of ketones is 1. The van der Waals surface area contributed by atoms with Crippen LogP contribution >= 0.6 is 0 Å². The van der Waals surface area contributed by atoms with Crippen molar-refractivity contribution in [3.8, 4) is 0 Å². The maximum atomic E-state index is 12.1. The van der Waals surface area contributed by atoms with Gasteiger partial charge in [-0.25, -0.2) is 4.79 Å². The third kappa shape index (κ3) is 4.41. The number of benzene rings is 1. The van der Waals surface area contributed by atoms with Crippen LogP contribution in [0.4, 0.5) is 4.79 Å². The smallest absolute Gasteiger partial charge is 0.324 e. The summed E-state index contributed by atoms with van der Waals surface area (Å²) in [4.78, 5) is 47.6. The molecule has 0 saturated carbocycles. The fourth-order valence-corrected chi connectivity index (χ4v) is 2.40. The zero-order valence-electron chi connectivity index (χ0n) is 13.8. The molecule has 2 rings (SSSR count). The molecule has 0 radical (unpaired) electrons. The van der Waals surface area contributed by atoms with Crippen molar-refractivity contribution in [2.75, 3.05) is 19.7 Å². The van der Waals surface area contributed by atoms with Gasteiger partial charge < -0.3 is 10.1 Å². The third-order valence-corrected chi connectivity index (χ3v) is 3.76. The average Bonchev–Trinajstić information content (AvgIpc) is 2.86. The van der Waals surface area contributed by atoms with Gasteiger partial charge in [-0.1, -0.05) is 17.7 Å². The Morgan fingerprint density at radius 3 is 2.67 bits per heavy atom. The standard InChI is InChI=1S/C17H20N2O5/c1-11-5-6-12(2)13(8-11)14(20)10-24-16(22)4-3-7-19-15(21)9-18-17(19)23/h5-6,8H,3-4,7,9-10H2,1-2H3,(H,18,23). The van der Waals surface area contributed by atoms with Crippen molar-refractivity contribution in [3.05, 3.63) is 34.9 Å². The Balaban J connectivity index is 1.75. The highest BCUT2D eigenvalue weighted by Crippen LogP contribution is 2.12. The van der Waals surface area contributed by atoms with Crippen LogP contribution in [0.2, 0.25) is 0 Å². The summed E-state index contributed by atoms with van der Waals surface area (Å²) in [7, 11) is 0. The van der Waals surface area contributed by atoms with Gasteiger partial charge in [0.2, 0.25) is 11.7 Å². The van der Waals surface area contributed by atoms with Crippen molar-refractivity contribution in [1.29, 1.82) is 0 Å². The van der Waals surface area contributed by atoms with Crippen LogP contribution in [0, 0.1) is 13.8 Å². The van der Waals surface area contributed by atoms with Crippen LogP contribution in [0.1, 0.15) is 34.3 Å². The zero-order valence-corrected chi connectivity index (χ0v) is 13.8. The Morgan fingerprint density at radius 2 is 2.00 bits per heavy atom. The first kappa shape index (κ1) is 17.7. The van der Waals surface area contributed by atoms with E-state index in [2.05, 4.69) is 5.32 Å². The monoisotopic (exact) mass is 332 g/mol. The van der Waals surface area contributed by atoms with E-state index in [1.54, 1.807) is 6.07 Å². The first-order valence-corrected chi connectivity index (χ1v) is 7.72. The van der Waals surface area contributed by atoms with Crippen LogP contribution in [0.15, 0.2) is 18.2 Å². The number of ether oxygens (including phenoxy) is 1. The molecule has 0 spiro atoms. The number of rotatable bonds is 7. The Morgan fingerprint density at radius 1 is 1.25 bits per heavy atom. The highest BCUT2D eigenvalue weighted by atomic mass is 16.5. The lowest BCUT2D eigenvalue weighted by Gasteiger charge is -2.11. The summed E-state index contributed by atoms with van der Waals surface area (Å²) in [6, 6.07) is 5.08. The number of carbonyl (C=O) groups excluding carboxylic acids is 4. The van der Waals surface area contributed by atoms with Crippen molar-refractivity contribution >= 4 is 23.7 Å². The van der Waals surface area contributed by atoms with Gasteiger partial charge in [0.1, 0.15) is 0 Å². The largest absolute Gasteiger partial charge is 0.457 e. The Kier molecular flexibility index (Phi) is 5.68. The van der Waals surface area contributed by atoms with E-state index in [0.29, 0.717) is 12.0 Å². The number of Topliss-reactive ketones (excluding diaryl/α,β-unsaturated/α-hetero) is 1. The average molecular weight is 332 g/mol. The molecule has 1 aromatic carbocycles. The lowest BCUT2D eigenvalue weighted by molar-refractivity contribution is -0.142. The van der Waals surface area contributed by atoms with E-state index in [0.717, 1.165) is 16.0 Å². The number of nitrogens with one attached hydrogen (secondary N) is 1. The molecule has 0 atom stereocenters. The predicted molar refractivity (Wildman–Crippen MR) is 85.6 cm³/mol. The van der Waals surface area contributed by atoms with E-state index >= 15 is 0 Å². The van der Waals surface area contributed by atoms with Crippen LogP contribution in [0.3, 0.4) is 0 Å². The van der Waals surface area contributed by atoms with Gasteiger partial charge in [0.25, 0.3) is 0 Å². The molecule has 0 unspecified atom stereocenters. The molecule has 1 N–H and O–H groups in total. The van der Waals surface area contributed by atoms with E-state index in [-0.39, 0.29) is 37.8 Å². The minimum absolute atomic E-state index is 0.00632. The Bertz CT molecular complexity index is 668. The maximum Gasteiger partial charge on any atom is 0.324 e. The van der Waals surface area contributed by atoms with Gasteiger partial charge in [-0.3, -0.25) is 19.3 Å². The summed E-state index contributed by atoms with van der Waals surface area (Å²) >= 11 is 0. The van der Waals surface area contributed by atoms with E-state index in [1.807, 2.05) is 26.0 Å². The molecule has 0 aliphatic carbocycles. The molecule has 128 valence electrons. The van der Waals surface area contributed by atoms with Crippen LogP contribution in [-0.4, -0.2) is 48.3 Å². The molecule has 1 aromatic rings. The molecule has 0 bridgehead atoms. The second-order valence-electron chi connectivity index (χ2n) is 5.71. The first-order chi connectivity index (χ1) is 11.4. The fourth-order valence-electron chi connectivity index (χ4n) is 2.40. The number of hydrogen-bond acceptors (Lipinski definition) is 5. The maximum absolute atomic E-state index is 12.1. The number of aryl methyl sites for hydroxylation is 2. The van der Waals surface area contributed by atoms with E-state index in [4.69, 9.17) is 4.74 Å². The molecular formula is C17H20N2O5. The van der Waals surface area contributed by atoms with E-state index < -0.39 is 12.0 Å². The van der Waals surface area contributed by atoms with Gasteiger partial charge in [0, 0.05) is 18.5 Å². The molecule has 1 aliphatic rings. The number of imide groups is 1. The minimum atomic E-state index is -0.527. The van der Waals surface area contributed by atoms with Crippen LogP contribution in [0.25, 0.3) is 0 Å². The molecule has 3 amide bonds. The van der Waals surface area contributed by atoms with Gasteiger partial charge in [0.15, 0.2) is 6.61 Å². The second-order valence-corrected chi connectivity index (χ2v) is 5.71. The summed E-state index contributed by atoms with van der Waals surface area (Å²) in [5.74, 6) is -1.09. The summed E-state index contributed by atoms with van der Waals surface area (Å²) in [5, 5.41) is 2.40. The molecule has 7 heteroatoms. The molecule has 24 heavy (non-hydrogen) atoms. The lowest BCUT2D eigenvalue weighted by Crippen LogP contribution is -2.32. The molecule has 0 aromatic heterocycles. The topological polar surface area (TPSA) is 92.8 Å². The van der Waals surface area contributed by atoms with E-state index in [9.17, 15) is 19.2 Å². The normalized spacial score (nSPS) is 13.8. The third-order valence-electron chi connectivity index (χ3n) is 3.76.